The smallest absolute Gasteiger partial charge is 0.259 e. The maximum atomic E-state index is 13.2. The molecule has 2 N–H and O–H groups in total. The number of phenols is 1. The highest BCUT2D eigenvalue weighted by atomic mass is 127. The van der Waals surface area contributed by atoms with Gasteiger partial charge in [0.05, 0.1) is 9.13 Å². The quantitative estimate of drug-likeness (QED) is 0.238. The second kappa shape index (κ2) is 9.38. The lowest BCUT2D eigenvalue weighted by Gasteiger charge is -2.13. The van der Waals surface area contributed by atoms with Crippen molar-refractivity contribution in [3.05, 3.63) is 71.0 Å². The lowest BCUT2D eigenvalue weighted by atomic mass is 9.95. The molecule has 2 aromatic carbocycles. The molecule has 0 spiro atoms. The van der Waals surface area contributed by atoms with E-state index in [1.807, 2.05) is 12.1 Å². The summed E-state index contributed by atoms with van der Waals surface area (Å²) in [7, 11) is 0. The highest BCUT2D eigenvalue weighted by molar-refractivity contribution is 14.1. The van der Waals surface area contributed by atoms with Gasteiger partial charge in [0, 0.05) is 31.8 Å². The Morgan fingerprint density at radius 1 is 1.23 bits per heavy atom. The molecule has 30 heavy (non-hydrogen) atoms. The Morgan fingerprint density at radius 2 is 1.97 bits per heavy atom. The lowest BCUT2D eigenvalue weighted by Crippen LogP contribution is -2.14. The van der Waals surface area contributed by atoms with E-state index >= 15 is 0 Å². The average molecular weight is 616 g/mol. The molecule has 1 amide bonds. The molecule has 0 aliphatic heterocycles. The molecule has 1 aliphatic rings. The van der Waals surface area contributed by atoms with Gasteiger partial charge in [0.15, 0.2) is 0 Å². The number of fused-ring (bicyclic) bond motifs is 1. The molecular weight excluding hydrogens is 599 g/mol. The van der Waals surface area contributed by atoms with E-state index in [4.69, 9.17) is 11.6 Å². The van der Waals surface area contributed by atoms with Crippen LogP contribution in [0.5, 0.6) is 5.75 Å². The summed E-state index contributed by atoms with van der Waals surface area (Å²) in [6.45, 7) is 0. The van der Waals surface area contributed by atoms with Gasteiger partial charge in [0.2, 0.25) is 0 Å². The maximum absolute atomic E-state index is 13.2. The number of hydrogen-bond acceptors (Lipinski definition) is 4. The Balaban J connectivity index is 1.71. The van der Waals surface area contributed by atoms with E-state index in [1.54, 1.807) is 41.8 Å². The number of aryl methyl sites for hydroxylation is 1. The standard InChI is InChI=1S/C22H17BrClIN2O2S/c23-13-9-12(20(28)17(25)10-13)11-26-22-19(16-3-1-2-4-18(16)30-22)21(29)27-15-7-5-14(24)6-8-15/h5-11,28H,1-4H2,(H,27,29). The molecule has 4 rings (SSSR count). The number of nitrogens with zero attached hydrogens (tertiary/aromatic N) is 1. The molecule has 0 unspecified atom stereocenters. The summed E-state index contributed by atoms with van der Waals surface area (Å²) in [6.07, 6.45) is 5.67. The van der Waals surface area contributed by atoms with Crippen LogP contribution in [0.3, 0.4) is 0 Å². The van der Waals surface area contributed by atoms with Crippen LogP contribution in [0.25, 0.3) is 0 Å². The van der Waals surface area contributed by atoms with Crippen molar-refractivity contribution in [2.24, 2.45) is 4.99 Å². The van der Waals surface area contributed by atoms with Crippen molar-refractivity contribution in [1.29, 1.82) is 0 Å². The zero-order valence-electron chi connectivity index (χ0n) is 15.7. The minimum absolute atomic E-state index is 0.170. The first kappa shape index (κ1) is 21.8. The van der Waals surface area contributed by atoms with Gasteiger partial charge < -0.3 is 10.4 Å². The Kier molecular flexibility index (Phi) is 6.81. The first-order chi connectivity index (χ1) is 14.4. The number of hydrogen-bond donors (Lipinski definition) is 2. The number of anilines is 1. The minimum atomic E-state index is -0.170. The Hall–Kier alpha value is -1.42. The SMILES string of the molecule is O=C(Nc1ccc(Cl)cc1)c1c(N=Cc2cc(Br)cc(I)c2O)sc2c1CCCC2. The fourth-order valence-corrected chi connectivity index (χ4v) is 6.32. The fraction of sp³-hybridized carbons (Fsp3) is 0.182. The predicted octanol–water partition coefficient (Wildman–Crippen LogP) is 7.36. The summed E-state index contributed by atoms with van der Waals surface area (Å²) in [5.41, 5.74) is 3.02. The highest BCUT2D eigenvalue weighted by Gasteiger charge is 2.25. The number of halogens is 3. The van der Waals surface area contributed by atoms with Crippen LogP contribution in [0, 0.1) is 3.57 Å². The number of aromatic hydroxyl groups is 1. The zero-order valence-corrected chi connectivity index (χ0v) is 21.0. The Morgan fingerprint density at radius 3 is 2.73 bits per heavy atom. The van der Waals surface area contributed by atoms with Crippen molar-refractivity contribution >= 4 is 84.3 Å². The van der Waals surface area contributed by atoms with E-state index in [9.17, 15) is 9.90 Å². The van der Waals surface area contributed by atoms with E-state index in [1.165, 1.54) is 4.88 Å². The third-order valence-electron chi connectivity index (χ3n) is 4.86. The zero-order chi connectivity index (χ0) is 21.3. The minimum Gasteiger partial charge on any atom is -0.506 e. The van der Waals surface area contributed by atoms with Gasteiger partial charge in [-0.2, -0.15) is 0 Å². The molecule has 1 aliphatic carbocycles. The number of phenolic OH excluding ortho intramolecular Hbond substituents is 1. The van der Waals surface area contributed by atoms with Crippen LogP contribution >= 0.6 is 61.5 Å². The summed E-state index contributed by atoms with van der Waals surface area (Å²) >= 11 is 13.0. The highest BCUT2D eigenvalue weighted by Crippen LogP contribution is 2.40. The molecule has 8 heteroatoms. The second-order valence-corrected chi connectivity index (χ2v) is 10.5. The van der Waals surface area contributed by atoms with Crippen molar-refractivity contribution in [1.82, 2.24) is 0 Å². The first-order valence-corrected chi connectivity index (χ1v) is 12.4. The van der Waals surface area contributed by atoms with Gasteiger partial charge in [-0.05, 0) is 90.2 Å². The van der Waals surface area contributed by atoms with Crippen molar-refractivity contribution in [2.45, 2.75) is 25.7 Å². The largest absolute Gasteiger partial charge is 0.506 e. The van der Waals surface area contributed by atoms with Gasteiger partial charge in [-0.15, -0.1) is 11.3 Å². The van der Waals surface area contributed by atoms with E-state index in [0.717, 1.165) is 39.3 Å². The van der Waals surface area contributed by atoms with Crippen molar-refractivity contribution < 1.29 is 9.90 Å². The molecular formula is C22H17BrClIN2O2S. The molecule has 154 valence electrons. The summed E-state index contributed by atoms with van der Waals surface area (Å²) < 4.78 is 1.59. The molecule has 4 nitrogen and oxygen atoms in total. The van der Waals surface area contributed by atoms with Crippen LogP contribution in [-0.4, -0.2) is 17.2 Å². The average Bonchev–Trinajstić information content (AvgIpc) is 3.09. The van der Waals surface area contributed by atoms with Crippen LogP contribution in [0.1, 0.15) is 39.2 Å². The molecule has 1 aromatic heterocycles. The molecule has 0 bridgehead atoms. The monoisotopic (exact) mass is 614 g/mol. The van der Waals surface area contributed by atoms with Gasteiger partial charge in [-0.1, -0.05) is 27.5 Å². The van der Waals surface area contributed by atoms with E-state index in [2.05, 4.69) is 48.8 Å². The van der Waals surface area contributed by atoms with Gasteiger partial charge in [0.1, 0.15) is 10.8 Å². The van der Waals surface area contributed by atoms with Crippen LogP contribution < -0.4 is 5.32 Å². The Bertz CT molecular complexity index is 1150. The first-order valence-electron chi connectivity index (χ1n) is 9.36. The van der Waals surface area contributed by atoms with Crippen LogP contribution in [-0.2, 0) is 12.8 Å². The number of aliphatic imine (C=N–C) groups is 1. The van der Waals surface area contributed by atoms with E-state index in [0.29, 0.717) is 26.8 Å². The topological polar surface area (TPSA) is 61.7 Å². The van der Waals surface area contributed by atoms with Gasteiger partial charge >= 0.3 is 0 Å². The summed E-state index contributed by atoms with van der Waals surface area (Å²) in [4.78, 5) is 19.0. The maximum Gasteiger partial charge on any atom is 0.259 e. The molecule has 0 fully saturated rings. The van der Waals surface area contributed by atoms with Crippen LogP contribution in [0.4, 0.5) is 10.7 Å². The lowest BCUT2D eigenvalue weighted by molar-refractivity contribution is 0.102. The number of carbonyl (C=O) groups excluding carboxylic acids is 1. The number of thiophene rings is 1. The summed E-state index contributed by atoms with van der Waals surface area (Å²) in [5, 5.41) is 14.6. The van der Waals surface area contributed by atoms with E-state index < -0.39 is 0 Å². The van der Waals surface area contributed by atoms with Crippen molar-refractivity contribution in [2.75, 3.05) is 5.32 Å². The van der Waals surface area contributed by atoms with Crippen molar-refractivity contribution in [3.8, 4) is 5.75 Å². The fourth-order valence-electron chi connectivity index (χ4n) is 3.42. The third kappa shape index (κ3) is 4.74. The molecule has 0 radical (unpaired) electrons. The predicted molar refractivity (Wildman–Crippen MR) is 136 cm³/mol. The summed E-state index contributed by atoms with van der Waals surface area (Å²) in [6, 6.07) is 10.7. The number of benzene rings is 2. The van der Waals surface area contributed by atoms with Crippen LogP contribution in [0.2, 0.25) is 5.02 Å². The number of amides is 1. The summed E-state index contributed by atoms with van der Waals surface area (Å²) in [5.74, 6) is 0.00736. The number of carbonyl (C=O) groups is 1. The van der Waals surface area contributed by atoms with Gasteiger partial charge in [0.25, 0.3) is 5.91 Å². The molecule has 0 atom stereocenters. The number of rotatable bonds is 4. The van der Waals surface area contributed by atoms with Gasteiger partial charge in [-0.3, -0.25) is 4.79 Å². The van der Waals surface area contributed by atoms with E-state index in [-0.39, 0.29) is 11.7 Å². The normalized spacial score (nSPS) is 13.4. The molecule has 3 aromatic rings. The molecule has 0 saturated heterocycles. The Labute approximate surface area is 205 Å². The van der Waals surface area contributed by atoms with Crippen LogP contribution in [0.15, 0.2) is 45.9 Å². The molecule has 1 heterocycles. The second-order valence-electron chi connectivity index (χ2n) is 6.94. The third-order valence-corrected chi connectivity index (χ3v) is 7.59. The van der Waals surface area contributed by atoms with Crippen molar-refractivity contribution in [3.63, 3.8) is 0 Å². The number of nitrogens with one attached hydrogen (secondary N) is 1. The molecule has 0 saturated carbocycles. The van der Waals surface area contributed by atoms with Gasteiger partial charge in [-0.25, -0.2) is 4.99 Å².